The van der Waals surface area contributed by atoms with Crippen molar-refractivity contribution in [2.24, 2.45) is 0 Å². The van der Waals surface area contributed by atoms with E-state index in [-0.39, 0.29) is 24.9 Å². The summed E-state index contributed by atoms with van der Waals surface area (Å²) in [5.74, 6) is -0.0355. The second-order valence-corrected chi connectivity index (χ2v) is 10.9. The molecule has 0 aliphatic carbocycles. The molecule has 0 saturated heterocycles. The number of likely N-dealkylation sites (N-methyl/N-ethyl adjacent to an activating group) is 1. The summed E-state index contributed by atoms with van der Waals surface area (Å²) in [5, 5.41) is 22.8. The second-order valence-electron chi connectivity index (χ2n) is 10.9. The molecular weight excluding hydrogens is 472 g/mol. The summed E-state index contributed by atoms with van der Waals surface area (Å²) >= 11 is 0. The molecule has 0 rings (SSSR count). The van der Waals surface area contributed by atoms with Crippen LogP contribution < -0.4 is 5.32 Å². The molecule has 2 atom stereocenters. The first-order valence-electron chi connectivity index (χ1n) is 15.2. The van der Waals surface area contributed by atoms with Crippen molar-refractivity contribution in [3.8, 4) is 0 Å². The van der Waals surface area contributed by atoms with Crippen molar-refractivity contribution in [2.45, 2.75) is 167 Å². The fourth-order valence-corrected chi connectivity index (χ4v) is 5.15. The number of rotatable bonds is 26. The van der Waals surface area contributed by atoms with Gasteiger partial charge >= 0.3 is 0 Å². The molecule has 0 heterocycles. The van der Waals surface area contributed by atoms with E-state index in [4.69, 9.17) is 0 Å². The highest BCUT2D eigenvalue weighted by atomic mass is 35.5. The molecule has 0 radical (unpaired) electrons. The lowest BCUT2D eigenvalue weighted by Gasteiger charge is -2.43. The molecule has 0 fully saturated rings. The molecule has 0 aromatic carbocycles. The van der Waals surface area contributed by atoms with Crippen LogP contribution in [-0.4, -0.2) is 53.5 Å². The van der Waals surface area contributed by atoms with Gasteiger partial charge in [0.15, 0.2) is 0 Å². The Hall–Kier alpha value is -0.360. The van der Waals surface area contributed by atoms with E-state index in [0.29, 0.717) is 12.8 Å². The highest BCUT2D eigenvalue weighted by Gasteiger charge is 2.40. The molecule has 6 heteroatoms. The Balaban J connectivity index is 0. The van der Waals surface area contributed by atoms with Crippen LogP contribution in [0.1, 0.15) is 155 Å². The van der Waals surface area contributed by atoms with Crippen LogP contribution in [0.15, 0.2) is 0 Å². The lowest BCUT2D eigenvalue weighted by Crippen LogP contribution is -2.66. The normalized spacial score (nSPS) is 13.9. The first kappa shape index (κ1) is 37.8. The van der Waals surface area contributed by atoms with E-state index in [1.165, 1.54) is 109 Å². The standard InChI is InChI=1S/C30H62N2O3.ClH/c1-5-7-8-9-10-11-12-13-14-15-16-17-18-19-20-21-22-23-24-25-29(35)31-30(26-6-2,32(3)4)28(34)27-33;/h28,33-34H,5-27H2,1-4H3,(H,31,35);1H. The second kappa shape index (κ2) is 26.3. The minimum atomic E-state index is -0.994. The third-order valence-corrected chi connectivity index (χ3v) is 7.52. The highest BCUT2D eigenvalue weighted by Crippen LogP contribution is 2.22. The van der Waals surface area contributed by atoms with Gasteiger partial charge in [-0.3, -0.25) is 9.69 Å². The van der Waals surface area contributed by atoms with E-state index in [1.54, 1.807) is 0 Å². The zero-order valence-electron chi connectivity index (χ0n) is 24.5. The highest BCUT2D eigenvalue weighted by molar-refractivity contribution is 5.85. The number of amides is 1. The molecular formula is C30H63ClN2O3. The van der Waals surface area contributed by atoms with Crippen LogP contribution in [0.25, 0.3) is 0 Å². The number of nitrogens with zero attached hydrogens (tertiary/aromatic N) is 1. The zero-order valence-corrected chi connectivity index (χ0v) is 25.3. The molecule has 2 unspecified atom stereocenters. The summed E-state index contributed by atoms with van der Waals surface area (Å²) in [6.07, 6.45) is 26.4. The molecule has 1 amide bonds. The number of nitrogens with one attached hydrogen (secondary N) is 1. The van der Waals surface area contributed by atoms with E-state index < -0.39 is 11.8 Å². The van der Waals surface area contributed by atoms with E-state index in [2.05, 4.69) is 12.2 Å². The number of aliphatic hydroxyl groups excluding tert-OH is 2. The number of hydrogen-bond acceptors (Lipinski definition) is 4. The van der Waals surface area contributed by atoms with Gasteiger partial charge in [0.2, 0.25) is 5.91 Å². The topological polar surface area (TPSA) is 72.8 Å². The lowest BCUT2D eigenvalue weighted by molar-refractivity contribution is -0.132. The van der Waals surface area contributed by atoms with E-state index in [1.807, 2.05) is 25.9 Å². The Labute approximate surface area is 231 Å². The molecule has 0 aromatic rings. The molecule has 218 valence electrons. The summed E-state index contributed by atoms with van der Waals surface area (Å²) in [4.78, 5) is 14.3. The smallest absolute Gasteiger partial charge is 0.221 e. The van der Waals surface area contributed by atoms with Crippen molar-refractivity contribution >= 4 is 18.3 Å². The fraction of sp³-hybridized carbons (Fsp3) is 0.967. The predicted molar refractivity (Wildman–Crippen MR) is 158 cm³/mol. The van der Waals surface area contributed by atoms with Gasteiger partial charge in [-0.25, -0.2) is 0 Å². The summed E-state index contributed by atoms with van der Waals surface area (Å²) in [6, 6.07) is 0. The molecule has 5 nitrogen and oxygen atoms in total. The largest absolute Gasteiger partial charge is 0.394 e. The van der Waals surface area contributed by atoms with Crippen molar-refractivity contribution < 1.29 is 15.0 Å². The Kier molecular flexibility index (Phi) is 27.6. The first-order valence-corrected chi connectivity index (χ1v) is 15.2. The molecule has 0 spiro atoms. The maximum atomic E-state index is 12.5. The van der Waals surface area contributed by atoms with Crippen LogP contribution in [0.2, 0.25) is 0 Å². The van der Waals surface area contributed by atoms with Crippen LogP contribution in [0.4, 0.5) is 0 Å². The van der Waals surface area contributed by atoms with E-state index >= 15 is 0 Å². The van der Waals surface area contributed by atoms with Gasteiger partial charge < -0.3 is 15.5 Å². The van der Waals surface area contributed by atoms with Gasteiger partial charge in [-0.15, -0.1) is 12.4 Å². The average molecular weight is 535 g/mol. The SMILES string of the molecule is CCCCCCCCCCCCCCCCCCCCCC(=O)NC(CCC)(C(O)CO)N(C)C.Cl. The monoisotopic (exact) mass is 534 g/mol. The molecule has 0 aliphatic rings. The molecule has 3 N–H and O–H groups in total. The zero-order chi connectivity index (χ0) is 26.2. The van der Waals surface area contributed by atoms with E-state index in [9.17, 15) is 15.0 Å². The Morgan fingerprint density at radius 2 is 1.06 bits per heavy atom. The van der Waals surface area contributed by atoms with Gasteiger partial charge in [-0.1, -0.05) is 136 Å². The minimum Gasteiger partial charge on any atom is -0.394 e. The van der Waals surface area contributed by atoms with Crippen molar-refractivity contribution in [1.82, 2.24) is 10.2 Å². The van der Waals surface area contributed by atoms with Gasteiger partial charge in [0.05, 0.1) is 6.61 Å². The number of hydrogen-bond donors (Lipinski definition) is 3. The predicted octanol–water partition coefficient (Wildman–Crippen LogP) is 7.76. The van der Waals surface area contributed by atoms with E-state index in [0.717, 1.165) is 19.3 Å². The number of halogens is 1. The molecule has 36 heavy (non-hydrogen) atoms. The van der Waals surface area contributed by atoms with Gasteiger partial charge in [-0.2, -0.15) is 0 Å². The number of unbranched alkanes of at least 4 members (excludes halogenated alkanes) is 18. The van der Waals surface area contributed by atoms with Gasteiger partial charge in [0.1, 0.15) is 11.8 Å². The summed E-state index contributed by atoms with van der Waals surface area (Å²) in [5.41, 5.74) is -0.894. The van der Waals surface area contributed by atoms with Crippen LogP contribution in [0, 0.1) is 0 Å². The lowest BCUT2D eigenvalue weighted by atomic mass is 9.95. The third-order valence-electron chi connectivity index (χ3n) is 7.52. The fourth-order valence-electron chi connectivity index (χ4n) is 5.15. The average Bonchev–Trinajstić information content (AvgIpc) is 2.84. The maximum absolute atomic E-state index is 12.5. The van der Waals surface area contributed by atoms with Gasteiger partial charge in [0.25, 0.3) is 0 Å². The molecule has 0 bridgehead atoms. The number of carbonyl (C=O) groups excluding carboxylic acids is 1. The van der Waals surface area contributed by atoms with Crippen molar-refractivity contribution in [3.63, 3.8) is 0 Å². The maximum Gasteiger partial charge on any atom is 0.221 e. The molecule has 0 saturated carbocycles. The van der Waals surface area contributed by atoms with Gasteiger partial charge in [-0.05, 0) is 26.9 Å². The first-order chi connectivity index (χ1) is 16.9. The summed E-state index contributed by atoms with van der Waals surface area (Å²) in [7, 11) is 3.68. The summed E-state index contributed by atoms with van der Waals surface area (Å²) in [6.45, 7) is 3.94. The Bertz CT molecular complexity index is 479. The van der Waals surface area contributed by atoms with Crippen LogP contribution >= 0.6 is 12.4 Å². The third kappa shape index (κ3) is 18.8. The van der Waals surface area contributed by atoms with Gasteiger partial charge in [0, 0.05) is 6.42 Å². The number of carbonyl (C=O) groups is 1. The van der Waals surface area contributed by atoms with Crippen LogP contribution in [0.5, 0.6) is 0 Å². The van der Waals surface area contributed by atoms with Crippen LogP contribution in [0.3, 0.4) is 0 Å². The summed E-state index contributed by atoms with van der Waals surface area (Å²) < 4.78 is 0. The van der Waals surface area contributed by atoms with Crippen molar-refractivity contribution in [2.75, 3.05) is 20.7 Å². The van der Waals surface area contributed by atoms with Crippen molar-refractivity contribution in [3.05, 3.63) is 0 Å². The minimum absolute atomic E-state index is 0. The Morgan fingerprint density at radius 3 is 1.36 bits per heavy atom. The Morgan fingerprint density at radius 1 is 0.694 bits per heavy atom. The quantitative estimate of drug-likeness (QED) is 0.0782. The van der Waals surface area contributed by atoms with Crippen molar-refractivity contribution in [1.29, 1.82) is 0 Å². The molecule has 0 aliphatic heterocycles. The molecule has 0 aromatic heterocycles. The van der Waals surface area contributed by atoms with Crippen LogP contribution in [-0.2, 0) is 4.79 Å². The number of aliphatic hydroxyl groups is 2.